The highest BCUT2D eigenvalue weighted by molar-refractivity contribution is 5.51. The van der Waals surface area contributed by atoms with Gasteiger partial charge in [-0.15, -0.1) is 10.2 Å². The topological polar surface area (TPSA) is 56.2 Å². The smallest absolute Gasteiger partial charge is 0.399 e. The molecular weight excluding hydrogens is 197 g/mol. The number of hydrogen-bond donors (Lipinski definition) is 1. The van der Waals surface area contributed by atoms with Gasteiger partial charge in [-0.3, -0.25) is 4.40 Å². The van der Waals surface area contributed by atoms with Crippen LogP contribution in [0.4, 0.5) is 18.9 Å². The highest BCUT2D eigenvalue weighted by Gasteiger charge is 2.36. The van der Waals surface area contributed by atoms with Crippen molar-refractivity contribution in [2.45, 2.75) is 6.18 Å². The quantitative estimate of drug-likeness (QED) is 0.701. The number of aromatic nitrogens is 3. The average Bonchev–Trinajstić information content (AvgIpc) is 2.45. The van der Waals surface area contributed by atoms with Crippen molar-refractivity contribution in [2.24, 2.45) is 0 Å². The molecule has 0 aromatic carbocycles. The van der Waals surface area contributed by atoms with Crippen LogP contribution in [0, 0.1) is 0 Å². The summed E-state index contributed by atoms with van der Waals surface area (Å²) in [6.45, 7) is 0. The number of nitrogens with two attached hydrogens (primary N) is 1. The summed E-state index contributed by atoms with van der Waals surface area (Å²) in [5.41, 5.74) is 5.81. The molecule has 0 aliphatic carbocycles. The first-order chi connectivity index (χ1) is 6.48. The molecule has 2 heterocycles. The first kappa shape index (κ1) is 8.79. The molecule has 7 heteroatoms. The minimum absolute atomic E-state index is 0.0809. The maximum atomic E-state index is 12.3. The van der Waals surface area contributed by atoms with Crippen LogP contribution in [0.15, 0.2) is 18.3 Å². The summed E-state index contributed by atoms with van der Waals surface area (Å²) in [4.78, 5) is 0. The van der Waals surface area contributed by atoms with Gasteiger partial charge in [-0.2, -0.15) is 13.2 Å². The van der Waals surface area contributed by atoms with E-state index >= 15 is 0 Å². The molecule has 14 heavy (non-hydrogen) atoms. The van der Waals surface area contributed by atoms with Gasteiger partial charge in [0.2, 0.25) is 5.82 Å². The third-order valence-electron chi connectivity index (χ3n) is 1.69. The fourth-order valence-electron chi connectivity index (χ4n) is 1.10. The summed E-state index contributed by atoms with van der Waals surface area (Å²) in [6, 6.07) is 2.67. The number of nitrogen functional groups attached to an aromatic ring is 1. The van der Waals surface area contributed by atoms with E-state index in [1.807, 2.05) is 0 Å². The van der Waals surface area contributed by atoms with E-state index in [0.717, 1.165) is 4.40 Å². The molecule has 0 atom stereocenters. The zero-order valence-corrected chi connectivity index (χ0v) is 6.78. The summed E-state index contributed by atoms with van der Waals surface area (Å²) in [5, 5.41) is 6.40. The molecule has 2 N–H and O–H groups in total. The van der Waals surface area contributed by atoms with Crippen LogP contribution in [0.25, 0.3) is 5.65 Å². The fraction of sp³-hybridized carbons (Fsp3) is 0.143. The van der Waals surface area contributed by atoms with Crippen LogP contribution in [0.2, 0.25) is 0 Å². The Hall–Kier alpha value is -1.79. The van der Waals surface area contributed by atoms with Crippen LogP contribution in [0.1, 0.15) is 5.82 Å². The van der Waals surface area contributed by atoms with Crippen molar-refractivity contribution >= 4 is 11.3 Å². The van der Waals surface area contributed by atoms with Crippen LogP contribution in [0.3, 0.4) is 0 Å². The first-order valence-corrected chi connectivity index (χ1v) is 3.66. The first-order valence-electron chi connectivity index (χ1n) is 3.66. The Labute approximate surface area is 76.2 Å². The normalized spacial score (nSPS) is 12.2. The lowest BCUT2D eigenvalue weighted by Gasteiger charge is -2.03. The average molecular weight is 202 g/mol. The van der Waals surface area contributed by atoms with E-state index in [2.05, 4.69) is 10.2 Å². The SMILES string of the molecule is Nc1ccn2c(C(F)(F)F)nnc2c1. The molecule has 0 fully saturated rings. The lowest BCUT2D eigenvalue weighted by Crippen LogP contribution is -2.10. The van der Waals surface area contributed by atoms with Crippen molar-refractivity contribution in [1.82, 2.24) is 14.6 Å². The second-order valence-electron chi connectivity index (χ2n) is 2.71. The largest absolute Gasteiger partial charge is 0.452 e. The molecule has 0 aliphatic heterocycles. The van der Waals surface area contributed by atoms with Crippen LogP contribution in [0.5, 0.6) is 0 Å². The van der Waals surface area contributed by atoms with E-state index in [0.29, 0.717) is 5.69 Å². The lowest BCUT2D eigenvalue weighted by atomic mass is 10.4. The summed E-state index contributed by atoms with van der Waals surface area (Å²) in [6.07, 6.45) is -3.32. The predicted molar refractivity (Wildman–Crippen MR) is 42.4 cm³/mol. The second-order valence-corrected chi connectivity index (χ2v) is 2.71. The van der Waals surface area contributed by atoms with Gasteiger partial charge >= 0.3 is 6.18 Å². The summed E-state index contributed by atoms with van der Waals surface area (Å²) >= 11 is 0. The van der Waals surface area contributed by atoms with Crippen molar-refractivity contribution in [3.63, 3.8) is 0 Å². The van der Waals surface area contributed by atoms with Gasteiger partial charge in [-0.05, 0) is 6.07 Å². The number of anilines is 1. The van der Waals surface area contributed by atoms with E-state index in [-0.39, 0.29) is 5.65 Å². The number of fused-ring (bicyclic) bond motifs is 1. The van der Waals surface area contributed by atoms with Crippen molar-refractivity contribution in [3.8, 4) is 0 Å². The monoisotopic (exact) mass is 202 g/mol. The number of hydrogen-bond acceptors (Lipinski definition) is 3. The van der Waals surface area contributed by atoms with Gasteiger partial charge in [0.15, 0.2) is 5.65 Å². The Kier molecular flexibility index (Phi) is 1.63. The fourth-order valence-corrected chi connectivity index (χ4v) is 1.10. The summed E-state index contributed by atoms with van der Waals surface area (Å²) < 4.78 is 37.7. The summed E-state index contributed by atoms with van der Waals surface area (Å²) in [5.74, 6) is -1.05. The molecule has 74 valence electrons. The van der Waals surface area contributed by atoms with Crippen LogP contribution >= 0.6 is 0 Å². The maximum absolute atomic E-state index is 12.3. The lowest BCUT2D eigenvalue weighted by molar-refractivity contribution is -0.145. The maximum Gasteiger partial charge on any atom is 0.452 e. The van der Waals surface area contributed by atoms with E-state index in [4.69, 9.17) is 5.73 Å². The number of pyridine rings is 1. The van der Waals surface area contributed by atoms with Gasteiger partial charge in [0.25, 0.3) is 0 Å². The van der Waals surface area contributed by atoms with E-state index in [1.165, 1.54) is 18.3 Å². The molecule has 0 saturated carbocycles. The van der Waals surface area contributed by atoms with Crippen LogP contribution in [-0.2, 0) is 6.18 Å². The van der Waals surface area contributed by atoms with Crippen molar-refractivity contribution in [1.29, 1.82) is 0 Å². The van der Waals surface area contributed by atoms with Gasteiger partial charge in [0.1, 0.15) is 0 Å². The Morgan fingerprint density at radius 1 is 1.29 bits per heavy atom. The molecular formula is C7H5F3N4. The molecule has 0 aliphatic rings. The standard InChI is InChI=1S/C7H5F3N4/c8-7(9,10)6-13-12-5-3-4(11)1-2-14(5)6/h1-3H,11H2. The second kappa shape index (κ2) is 2.60. The van der Waals surface area contributed by atoms with Crippen molar-refractivity contribution in [2.75, 3.05) is 5.73 Å². The number of halogens is 3. The molecule has 2 aromatic heterocycles. The van der Waals surface area contributed by atoms with Crippen LogP contribution in [-0.4, -0.2) is 14.6 Å². The van der Waals surface area contributed by atoms with Crippen LogP contribution < -0.4 is 5.73 Å². The molecule has 0 unspecified atom stereocenters. The molecule has 0 spiro atoms. The number of rotatable bonds is 0. The number of alkyl halides is 3. The Morgan fingerprint density at radius 2 is 2.00 bits per heavy atom. The molecule has 0 saturated heterocycles. The third kappa shape index (κ3) is 1.26. The zero-order chi connectivity index (χ0) is 10.3. The van der Waals surface area contributed by atoms with E-state index < -0.39 is 12.0 Å². The molecule has 2 aromatic rings. The highest BCUT2D eigenvalue weighted by atomic mass is 19.4. The molecule has 4 nitrogen and oxygen atoms in total. The van der Waals surface area contributed by atoms with Crippen molar-refractivity contribution < 1.29 is 13.2 Å². The highest BCUT2D eigenvalue weighted by Crippen LogP contribution is 2.27. The van der Waals surface area contributed by atoms with E-state index in [9.17, 15) is 13.2 Å². The van der Waals surface area contributed by atoms with E-state index in [1.54, 1.807) is 0 Å². The minimum atomic E-state index is -4.50. The minimum Gasteiger partial charge on any atom is -0.399 e. The predicted octanol–water partition coefficient (Wildman–Crippen LogP) is 1.33. The van der Waals surface area contributed by atoms with Gasteiger partial charge in [-0.1, -0.05) is 0 Å². The van der Waals surface area contributed by atoms with Crippen molar-refractivity contribution in [3.05, 3.63) is 24.2 Å². The Balaban J connectivity index is 2.70. The Bertz CT molecular complexity index is 473. The van der Waals surface area contributed by atoms with Gasteiger partial charge in [0.05, 0.1) is 0 Å². The summed E-state index contributed by atoms with van der Waals surface area (Å²) in [7, 11) is 0. The molecule has 0 radical (unpaired) electrons. The third-order valence-corrected chi connectivity index (χ3v) is 1.69. The number of nitrogens with zero attached hydrogens (tertiary/aromatic N) is 3. The van der Waals surface area contributed by atoms with Gasteiger partial charge in [-0.25, -0.2) is 0 Å². The van der Waals surface area contributed by atoms with Gasteiger partial charge < -0.3 is 5.73 Å². The Morgan fingerprint density at radius 3 is 2.64 bits per heavy atom. The van der Waals surface area contributed by atoms with Gasteiger partial charge in [0, 0.05) is 18.0 Å². The molecule has 0 bridgehead atoms. The molecule has 2 rings (SSSR count). The molecule has 0 amide bonds. The zero-order valence-electron chi connectivity index (χ0n) is 6.78.